The van der Waals surface area contributed by atoms with Crippen molar-refractivity contribution >= 4 is 47.2 Å². The Labute approximate surface area is 227 Å². The molecule has 1 unspecified atom stereocenters. The van der Waals surface area contributed by atoms with Gasteiger partial charge in [0.2, 0.25) is 0 Å². The predicted octanol–water partition coefficient (Wildman–Crippen LogP) is 2.82. The first-order chi connectivity index (χ1) is 18.6. The van der Waals surface area contributed by atoms with E-state index in [-0.39, 0.29) is 20.5 Å². The molecule has 202 valence electrons. The van der Waals surface area contributed by atoms with Crippen molar-refractivity contribution in [1.29, 1.82) is 0 Å². The third-order valence-corrected chi connectivity index (χ3v) is 7.92. The van der Waals surface area contributed by atoms with E-state index in [0.717, 1.165) is 31.0 Å². The summed E-state index contributed by atoms with van der Waals surface area (Å²) in [5.41, 5.74) is 2.43. The zero-order valence-electron chi connectivity index (χ0n) is 21.5. The van der Waals surface area contributed by atoms with Crippen LogP contribution in [-0.2, 0) is 18.9 Å². The van der Waals surface area contributed by atoms with Crippen molar-refractivity contribution in [2.24, 2.45) is 0 Å². The van der Waals surface area contributed by atoms with Crippen LogP contribution >= 0.6 is 0 Å². The fourth-order valence-electron chi connectivity index (χ4n) is 3.74. The van der Waals surface area contributed by atoms with Crippen LogP contribution in [-0.4, -0.2) is 100.0 Å². The summed E-state index contributed by atoms with van der Waals surface area (Å²) in [5.74, 6) is 0.391. The van der Waals surface area contributed by atoms with Crippen LogP contribution < -0.4 is 5.32 Å². The van der Waals surface area contributed by atoms with Gasteiger partial charge in [-0.1, -0.05) is 0 Å². The van der Waals surface area contributed by atoms with Gasteiger partial charge in [0.15, 0.2) is 0 Å². The van der Waals surface area contributed by atoms with Crippen LogP contribution in [0, 0.1) is 0 Å². The molecule has 0 spiro atoms. The molecule has 0 bridgehead atoms. The first-order valence-electron chi connectivity index (χ1n) is 12.4. The minimum absolute atomic E-state index is 0.0543. The Morgan fingerprint density at radius 1 is 1.11 bits per heavy atom. The third-order valence-electron chi connectivity index (χ3n) is 5.62. The topological polar surface area (TPSA) is 115 Å². The minimum atomic E-state index is -0.736. The summed E-state index contributed by atoms with van der Waals surface area (Å²) in [4.78, 5) is 22.7. The Balaban J connectivity index is 1.37. The van der Waals surface area contributed by atoms with Crippen LogP contribution in [0.15, 0.2) is 55.0 Å². The molecule has 0 amide bonds. The average molecular weight is 588 g/mol. The number of hydrogen-bond donors (Lipinski definition) is 2. The number of hydrogen-bond acceptors (Lipinski definition) is 10. The van der Waals surface area contributed by atoms with Crippen molar-refractivity contribution < 1.29 is 28.8 Å². The van der Waals surface area contributed by atoms with Gasteiger partial charge in [0.05, 0.1) is 33.0 Å². The third kappa shape index (κ3) is 7.73. The number of ether oxygens (including phenoxy) is 4. The number of aliphatic hydroxyl groups excluding tert-OH is 1. The Bertz CT molecular complexity index is 1280. The molecular weight excluding hydrogens is 555 g/mol. The van der Waals surface area contributed by atoms with E-state index >= 15 is 0 Å². The number of aromatic nitrogens is 2. The summed E-state index contributed by atoms with van der Waals surface area (Å²) < 4.78 is 23.0. The predicted molar refractivity (Wildman–Crippen MR) is 146 cm³/mol. The second-order valence-corrected chi connectivity index (χ2v) is 10.6. The van der Waals surface area contributed by atoms with E-state index < -0.39 is 6.23 Å². The molecule has 1 atom stereocenters. The van der Waals surface area contributed by atoms with Crippen LogP contribution in [0.5, 0.6) is 0 Å². The summed E-state index contributed by atoms with van der Waals surface area (Å²) in [6, 6.07) is 9.77. The van der Waals surface area contributed by atoms with E-state index in [0.29, 0.717) is 52.0 Å². The standard InChI is InChI=1S/C27H32N4O6Se/c1-3-37-27(33)24-15-20-14-21(5-6-23(20)38-24)30-25-16-22(28-18-29-25)19-4-7-26(32)31(17-19)8-9-35-12-13-36-11-10-34-2/h4-7,14-18,26,32H,3,8-13H2,1-2H3,(H,28,29,30). The molecule has 0 fully saturated rings. The number of rotatable bonds is 14. The van der Waals surface area contributed by atoms with Crippen molar-refractivity contribution in [1.82, 2.24) is 14.9 Å². The molecule has 11 heteroatoms. The van der Waals surface area contributed by atoms with Crippen molar-refractivity contribution in [3.8, 4) is 0 Å². The molecule has 0 radical (unpaired) electrons. The molecule has 1 aliphatic rings. The van der Waals surface area contributed by atoms with E-state index in [9.17, 15) is 9.90 Å². The van der Waals surface area contributed by atoms with Gasteiger partial charge >= 0.3 is 168 Å². The van der Waals surface area contributed by atoms with Crippen LogP contribution in [0.1, 0.15) is 21.8 Å². The molecule has 2 N–H and O–H groups in total. The zero-order valence-corrected chi connectivity index (χ0v) is 23.2. The van der Waals surface area contributed by atoms with Crippen molar-refractivity contribution in [3.63, 3.8) is 0 Å². The fraction of sp³-hybridized carbons (Fsp3) is 0.370. The molecule has 10 nitrogen and oxygen atoms in total. The maximum absolute atomic E-state index is 12.1. The number of carbonyl (C=O) groups excluding carboxylic acids is 1. The Morgan fingerprint density at radius 3 is 2.74 bits per heavy atom. The number of aliphatic hydroxyl groups is 1. The SMILES string of the molecule is CCOC(=O)c1cc2cc(Nc3cc(C4=CN(CCOCCOCCOC)C(O)C=C4)ncn3)ccc2[se]1. The van der Waals surface area contributed by atoms with Gasteiger partial charge in [0.25, 0.3) is 0 Å². The number of nitrogens with zero attached hydrogens (tertiary/aromatic N) is 3. The maximum atomic E-state index is 12.1. The molecule has 3 aromatic rings. The van der Waals surface area contributed by atoms with E-state index in [1.54, 1.807) is 18.1 Å². The summed E-state index contributed by atoms with van der Waals surface area (Å²) in [7, 11) is 1.63. The van der Waals surface area contributed by atoms with Gasteiger partial charge in [0.1, 0.15) is 0 Å². The number of benzene rings is 1. The molecule has 2 aromatic heterocycles. The number of methoxy groups -OCH3 is 1. The molecule has 3 heterocycles. The van der Waals surface area contributed by atoms with Gasteiger partial charge in [0, 0.05) is 7.11 Å². The molecule has 0 saturated carbocycles. The number of allylic oxidation sites excluding steroid dienone is 2. The number of esters is 1. The van der Waals surface area contributed by atoms with Gasteiger partial charge < -0.3 is 19.3 Å². The molecule has 1 aliphatic heterocycles. The molecule has 38 heavy (non-hydrogen) atoms. The number of nitrogens with one attached hydrogen (secondary N) is 1. The molecule has 1 aromatic carbocycles. The Morgan fingerprint density at radius 2 is 1.92 bits per heavy atom. The van der Waals surface area contributed by atoms with Crippen molar-refractivity contribution in [3.05, 3.63) is 65.1 Å². The number of anilines is 2. The van der Waals surface area contributed by atoms with Gasteiger partial charge in [-0.15, -0.1) is 0 Å². The van der Waals surface area contributed by atoms with Gasteiger partial charge in [-0.25, -0.2) is 0 Å². The van der Waals surface area contributed by atoms with Crippen molar-refractivity contribution in [2.45, 2.75) is 13.2 Å². The Hall–Kier alpha value is -3.05. The van der Waals surface area contributed by atoms with Crippen LogP contribution in [0.2, 0.25) is 0 Å². The summed E-state index contributed by atoms with van der Waals surface area (Å²) in [6.45, 7) is 5.21. The summed E-state index contributed by atoms with van der Waals surface area (Å²) in [5, 5.41) is 14.7. The second-order valence-electron chi connectivity index (χ2n) is 8.31. The van der Waals surface area contributed by atoms with Crippen LogP contribution in [0.4, 0.5) is 11.5 Å². The normalized spacial score (nSPS) is 15.1. The number of carbonyl (C=O) groups is 1. The second kappa shape index (κ2) is 14.2. The van der Waals surface area contributed by atoms with Gasteiger partial charge in [-0.05, 0) is 0 Å². The molecule has 0 aliphatic carbocycles. The number of fused-ring (bicyclic) bond motifs is 1. The zero-order chi connectivity index (χ0) is 26.7. The average Bonchev–Trinajstić information content (AvgIpc) is 3.35. The van der Waals surface area contributed by atoms with E-state index in [1.807, 2.05) is 49.5 Å². The quantitative estimate of drug-likeness (QED) is 0.166. The van der Waals surface area contributed by atoms with Gasteiger partial charge in [-0.3, -0.25) is 0 Å². The Kier molecular flexibility index (Phi) is 10.5. The van der Waals surface area contributed by atoms with Crippen LogP contribution in [0.25, 0.3) is 15.2 Å². The fourth-order valence-corrected chi connectivity index (χ4v) is 5.70. The van der Waals surface area contributed by atoms with E-state index in [1.165, 1.54) is 6.33 Å². The van der Waals surface area contributed by atoms with E-state index in [4.69, 9.17) is 18.9 Å². The van der Waals surface area contributed by atoms with Gasteiger partial charge in [-0.2, -0.15) is 0 Å². The first kappa shape index (κ1) is 28.0. The first-order valence-corrected chi connectivity index (χ1v) is 14.1. The van der Waals surface area contributed by atoms with E-state index in [2.05, 4.69) is 15.3 Å². The summed E-state index contributed by atoms with van der Waals surface area (Å²) >= 11 is -0.0543. The molecular formula is C27H32N4O6Se. The van der Waals surface area contributed by atoms with Crippen molar-refractivity contribution in [2.75, 3.05) is 58.6 Å². The monoisotopic (exact) mass is 588 g/mol. The van der Waals surface area contributed by atoms with Crippen LogP contribution in [0.3, 0.4) is 0 Å². The molecule has 4 rings (SSSR count). The summed E-state index contributed by atoms with van der Waals surface area (Å²) in [6.07, 6.45) is 6.20. The molecule has 0 saturated heterocycles.